The first kappa shape index (κ1) is 10.3. The molecule has 1 aliphatic heterocycles. The lowest BCUT2D eigenvalue weighted by molar-refractivity contribution is 0.322. The molecule has 88 valence electrons. The summed E-state index contributed by atoms with van der Waals surface area (Å²) >= 11 is 0. The van der Waals surface area contributed by atoms with Crippen molar-refractivity contribution in [2.75, 3.05) is 13.1 Å². The molecule has 1 aliphatic rings. The molecule has 6 heteroatoms. The molecule has 3 rings (SSSR count). The molecule has 0 saturated carbocycles. The second-order valence-electron chi connectivity index (χ2n) is 4.09. The van der Waals surface area contributed by atoms with E-state index < -0.39 is 0 Å². The van der Waals surface area contributed by atoms with Gasteiger partial charge in [-0.05, 0) is 19.4 Å². The number of rotatable bonds is 2. The van der Waals surface area contributed by atoms with E-state index in [0.717, 1.165) is 25.9 Å². The van der Waals surface area contributed by atoms with Gasteiger partial charge in [0.1, 0.15) is 5.69 Å². The van der Waals surface area contributed by atoms with Crippen LogP contribution in [0.5, 0.6) is 0 Å². The highest BCUT2D eigenvalue weighted by Gasteiger charge is 2.21. The van der Waals surface area contributed by atoms with Crippen molar-refractivity contribution in [3.8, 4) is 11.5 Å². The number of piperidine rings is 1. The molecule has 0 aliphatic carbocycles. The summed E-state index contributed by atoms with van der Waals surface area (Å²) in [4.78, 5) is 12.5. The first-order chi connectivity index (χ1) is 8.43. The van der Waals surface area contributed by atoms with Crippen molar-refractivity contribution in [3.63, 3.8) is 0 Å². The Hall–Kier alpha value is -1.82. The molecular weight excluding hydrogens is 218 g/mol. The Morgan fingerprint density at radius 1 is 1.35 bits per heavy atom. The highest BCUT2D eigenvalue weighted by molar-refractivity contribution is 5.45. The van der Waals surface area contributed by atoms with Crippen molar-refractivity contribution in [2.24, 2.45) is 0 Å². The minimum absolute atomic E-state index is 0.321. The molecule has 0 aromatic carbocycles. The van der Waals surface area contributed by atoms with Gasteiger partial charge < -0.3 is 9.84 Å². The smallest absolute Gasteiger partial charge is 0.231 e. The number of aromatic nitrogens is 4. The molecule has 1 fully saturated rings. The van der Waals surface area contributed by atoms with E-state index in [9.17, 15) is 0 Å². The Kier molecular flexibility index (Phi) is 2.79. The van der Waals surface area contributed by atoms with Crippen LogP contribution in [-0.4, -0.2) is 33.2 Å². The predicted octanol–water partition coefficient (Wildman–Crippen LogP) is 0.994. The minimum Gasteiger partial charge on any atom is -0.339 e. The highest BCUT2D eigenvalue weighted by Crippen LogP contribution is 2.23. The van der Waals surface area contributed by atoms with Gasteiger partial charge in [-0.3, -0.25) is 4.98 Å². The zero-order valence-corrected chi connectivity index (χ0v) is 9.33. The molecule has 2 aromatic heterocycles. The molecule has 6 nitrogen and oxygen atoms in total. The summed E-state index contributed by atoms with van der Waals surface area (Å²) < 4.78 is 5.29. The first-order valence-corrected chi connectivity index (χ1v) is 5.74. The van der Waals surface area contributed by atoms with Crippen LogP contribution < -0.4 is 5.32 Å². The third-order valence-corrected chi connectivity index (χ3v) is 2.88. The van der Waals surface area contributed by atoms with Crippen molar-refractivity contribution in [1.82, 2.24) is 25.4 Å². The van der Waals surface area contributed by atoms with Crippen molar-refractivity contribution >= 4 is 0 Å². The summed E-state index contributed by atoms with van der Waals surface area (Å²) in [5.74, 6) is 1.53. The topological polar surface area (TPSA) is 76.7 Å². The third kappa shape index (κ3) is 2.16. The zero-order chi connectivity index (χ0) is 11.5. The van der Waals surface area contributed by atoms with Crippen molar-refractivity contribution < 1.29 is 4.52 Å². The number of hydrogen-bond donors (Lipinski definition) is 1. The van der Waals surface area contributed by atoms with Gasteiger partial charge in [0.2, 0.25) is 11.7 Å². The standard InChI is InChI=1S/C11H13N5O/c1-2-8(6-12-3-1)11-15-10(16-17-11)9-7-13-4-5-14-9/h4-5,7-8,12H,1-3,6H2. The second kappa shape index (κ2) is 4.58. The number of hydrogen-bond acceptors (Lipinski definition) is 6. The Balaban J connectivity index is 1.83. The van der Waals surface area contributed by atoms with Crippen molar-refractivity contribution in [2.45, 2.75) is 18.8 Å². The fraction of sp³-hybridized carbons (Fsp3) is 0.455. The fourth-order valence-corrected chi connectivity index (χ4v) is 1.98. The van der Waals surface area contributed by atoms with Gasteiger partial charge in [-0.25, -0.2) is 4.98 Å². The summed E-state index contributed by atoms with van der Waals surface area (Å²) in [6.07, 6.45) is 7.11. The van der Waals surface area contributed by atoms with Crippen LogP contribution >= 0.6 is 0 Å². The maximum Gasteiger partial charge on any atom is 0.231 e. The van der Waals surface area contributed by atoms with Crippen LogP contribution in [0, 0.1) is 0 Å². The van der Waals surface area contributed by atoms with E-state index in [1.807, 2.05) is 0 Å². The number of nitrogens with one attached hydrogen (secondary N) is 1. The van der Waals surface area contributed by atoms with E-state index in [1.54, 1.807) is 18.6 Å². The van der Waals surface area contributed by atoms with Gasteiger partial charge in [0, 0.05) is 18.9 Å². The maximum absolute atomic E-state index is 5.29. The van der Waals surface area contributed by atoms with Crippen molar-refractivity contribution in [1.29, 1.82) is 0 Å². The van der Waals surface area contributed by atoms with Gasteiger partial charge in [0.05, 0.1) is 12.1 Å². The SMILES string of the molecule is c1cnc(-c2noc(C3CCCNC3)n2)cn1. The Bertz CT molecular complexity index is 478. The van der Waals surface area contributed by atoms with E-state index in [0.29, 0.717) is 23.3 Å². The maximum atomic E-state index is 5.29. The van der Waals surface area contributed by atoms with Gasteiger partial charge in [-0.2, -0.15) is 4.98 Å². The molecule has 1 unspecified atom stereocenters. The average molecular weight is 231 g/mol. The van der Waals surface area contributed by atoms with Gasteiger partial charge in [0.15, 0.2) is 0 Å². The average Bonchev–Trinajstić information content (AvgIpc) is 2.90. The monoisotopic (exact) mass is 231 g/mol. The highest BCUT2D eigenvalue weighted by atomic mass is 16.5. The molecule has 0 amide bonds. The molecule has 3 heterocycles. The summed E-state index contributed by atoms with van der Waals surface area (Å²) in [6, 6.07) is 0. The molecule has 2 aromatic rings. The van der Waals surface area contributed by atoms with Gasteiger partial charge in [-0.1, -0.05) is 5.16 Å². The van der Waals surface area contributed by atoms with Crippen LogP contribution in [0.3, 0.4) is 0 Å². The van der Waals surface area contributed by atoms with E-state index in [2.05, 4.69) is 25.4 Å². The van der Waals surface area contributed by atoms with E-state index in [-0.39, 0.29) is 0 Å². The van der Waals surface area contributed by atoms with Gasteiger partial charge in [0.25, 0.3) is 0 Å². The molecular formula is C11H13N5O. The van der Waals surface area contributed by atoms with Gasteiger partial charge in [-0.15, -0.1) is 0 Å². The summed E-state index contributed by atoms with van der Waals surface area (Å²) in [5.41, 5.74) is 0.645. The van der Waals surface area contributed by atoms with E-state index >= 15 is 0 Å². The van der Waals surface area contributed by atoms with E-state index in [1.165, 1.54) is 0 Å². The lowest BCUT2D eigenvalue weighted by atomic mass is 10.00. The normalized spacial score (nSPS) is 20.4. The van der Waals surface area contributed by atoms with Crippen LogP contribution in [0.2, 0.25) is 0 Å². The van der Waals surface area contributed by atoms with Crippen LogP contribution in [0.25, 0.3) is 11.5 Å². The van der Waals surface area contributed by atoms with Gasteiger partial charge >= 0.3 is 0 Å². The molecule has 1 saturated heterocycles. The quantitative estimate of drug-likeness (QED) is 0.830. The minimum atomic E-state index is 0.321. The van der Waals surface area contributed by atoms with E-state index in [4.69, 9.17) is 4.52 Å². The summed E-state index contributed by atoms with van der Waals surface area (Å²) in [5, 5.41) is 7.27. The Labute approximate surface area is 98.5 Å². The summed E-state index contributed by atoms with van der Waals surface area (Å²) in [6.45, 7) is 1.98. The van der Waals surface area contributed by atoms with Crippen LogP contribution in [0.4, 0.5) is 0 Å². The zero-order valence-electron chi connectivity index (χ0n) is 9.33. The van der Waals surface area contributed by atoms with Crippen LogP contribution in [0.15, 0.2) is 23.1 Å². The molecule has 0 radical (unpaired) electrons. The number of nitrogens with zero attached hydrogens (tertiary/aromatic N) is 4. The lowest BCUT2D eigenvalue weighted by Crippen LogP contribution is -2.28. The molecule has 1 atom stereocenters. The predicted molar refractivity (Wildman–Crippen MR) is 60.2 cm³/mol. The molecule has 1 N–H and O–H groups in total. The lowest BCUT2D eigenvalue weighted by Gasteiger charge is -2.18. The van der Waals surface area contributed by atoms with Crippen molar-refractivity contribution in [3.05, 3.63) is 24.5 Å². The largest absolute Gasteiger partial charge is 0.339 e. The molecule has 0 spiro atoms. The molecule has 0 bridgehead atoms. The molecule has 17 heavy (non-hydrogen) atoms. The first-order valence-electron chi connectivity index (χ1n) is 5.74. The Morgan fingerprint density at radius 3 is 3.12 bits per heavy atom. The second-order valence-corrected chi connectivity index (χ2v) is 4.09. The Morgan fingerprint density at radius 2 is 2.35 bits per heavy atom. The fourth-order valence-electron chi connectivity index (χ4n) is 1.98. The third-order valence-electron chi connectivity index (χ3n) is 2.88. The van der Waals surface area contributed by atoms with Crippen LogP contribution in [0.1, 0.15) is 24.7 Å². The summed E-state index contributed by atoms with van der Waals surface area (Å²) in [7, 11) is 0. The van der Waals surface area contributed by atoms with Crippen LogP contribution in [-0.2, 0) is 0 Å².